The van der Waals surface area contributed by atoms with Crippen molar-refractivity contribution in [2.24, 2.45) is 0 Å². The summed E-state index contributed by atoms with van der Waals surface area (Å²) >= 11 is 3.32. The van der Waals surface area contributed by atoms with Crippen molar-refractivity contribution in [1.29, 1.82) is 0 Å². The van der Waals surface area contributed by atoms with E-state index in [1.807, 2.05) is 6.07 Å². The fourth-order valence-corrected chi connectivity index (χ4v) is 4.07. The molecule has 1 aliphatic rings. The van der Waals surface area contributed by atoms with Gasteiger partial charge in [0.1, 0.15) is 0 Å². The summed E-state index contributed by atoms with van der Waals surface area (Å²) in [6.45, 7) is 0. The van der Waals surface area contributed by atoms with E-state index in [-0.39, 0.29) is 10.8 Å². The lowest BCUT2D eigenvalue weighted by Gasteiger charge is -2.26. The Bertz CT molecular complexity index is 881. The topological polar surface area (TPSA) is 66.5 Å². The van der Waals surface area contributed by atoms with Crippen molar-refractivity contribution in [3.8, 4) is 0 Å². The SMILES string of the molecule is CN1C(=O)CCc2cc(S(=O)(=O)Nc3cccc(Br)c3)ccc21. The van der Waals surface area contributed by atoms with E-state index in [0.717, 1.165) is 15.7 Å². The Hall–Kier alpha value is -1.86. The van der Waals surface area contributed by atoms with E-state index in [4.69, 9.17) is 0 Å². The molecular formula is C16H15BrN2O3S. The number of hydrogen-bond acceptors (Lipinski definition) is 3. The molecule has 2 aromatic carbocycles. The number of hydrogen-bond donors (Lipinski definition) is 1. The maximum atomic E-state index is 12.5. The summed E-state index contributed by atoms with van der Waals surface area (Å²) in [7, 11) is -1.97. The van der Waals surface area contributed by atoms with Crippen molar-refractivity contribution in [2.45, 2.75) is 17.7 Å². The number of amides is 1. The molecule has 0 unspecified atom stereocenters. The summed E-state index contributed by atoms with van der Waals surface area (Å²) in [6.07, 6.45) is 0.949. The highest BCUT2D eigenvalue weighted by atomic mass is 79.9. The van der Waals surface area contributed by atoms with Gasteiger partial charge in [-0.1, -0.05) is 22.0 Å². The summed E-state index contributed by atoms with van der Waals surface area (Å²) in [5, 5.41) is 0. The van der Waals surface area contributed by atoms with Gasteiger partial charge in [0.15, 0.2) is 0 Å². The number of aryl methyl sites for hydroxylation is 1. The minimum absolute atomic E-state index is 0.0420. The second-order valence-corrected chi connectivity index (χ2v) is 7.96. The largest absolute Gasteiger partial charge is 0.315 e. The van der Waals surface area contributed by atoms with Crippen molar-refractivity contribution < 1.29 is 13.2 Å². The predicted molar refractivity (Wildman–Crippen MR) is 93.1 cm³/mol. The third kappa shape index (κ3) is 3.25. The van der Waals surface area contributed by atoms with Crippen molar-refractivity contribution >= 4 is 43.2 Å². The van der Waals surface area contributed by atoms with Gasteiger partial charge in [-0.05, 0) is 48.4 Å². The molecule has 1 N–H and O–H groups in total. The van der Waals surface area contributed by atoms with Gasteiger partial charge >= 0.3 is 0 Å². The molecule has 0 saturated heterocycles. The standard InChI is InChI=1S/C16H15BrN2O3S/c1-19-15-7-6-14(9-11(15)5-8-16(19)20)23(21,22)18-13-4-2-3-12(17)10-13/h2-4,6-7,9-10,18H,5,8H2,1H3. The van der Waals surface area contributed by atoms with Crippen LogP contribution in [0.15, 0.2) is 51.8 Å². The van der Waals surface area contributed by atoms with Crippen LogP contribution in [0.2, 0.25) is 0 Å². The molecule has 0 spiro atoms. The smallest absolute Gasteiger partial charge is 0.261 e. The summed E-state index contributed by atoms with van der Waals surface area (Å²) in [6, 6.07) is 11.8. The third-order valence-electron chi connectivity index (χ3n) is 3.78. The quantitative estimate of drug-likeness (QED) is 0.868. The van der Waals surface area contributed by atoms with Crippen LogP contribution < -0.4 is 9.62 Å². The van der Waals surface area contributed by atoms with Gasteiger partial charge in [0, 0.05) is 29.3 Å². The fraction of sp³-hybridized carbons (Fsp3) is 0.188. The highest BCUT2D eigenvalue weighted by molar-refractivity contribution is 9.10. The minimum Gasteiger partial charge on any atom is -0.315 e. The van der Waals surface area contributed by atoms with Gasteiger partial charge < -0.3 is 4.90 Å². The monoisotopic (exact) mass is 394 g/mol. The van der Waals surface area contributed by atoms with E-state index < -0.39 is 10.0 Å². The molecule has 120 valence electrons. The molecule has 3 rings (SSSR count). The van der Waals surface area contributed by atoms with Gasteiger partial charge in [0.05, 0.1) is 4.90 Å². The summed E-state index contributed by atoms with van der Waals surface area (Å²) in [4.78, 5) is 13.5. The highest BCUT2D eigenvalue weighted by Crippen LogP contribution is 2.29. The Morgan fingerprint density at radius 1 is 1.13 bits per heavy atom. The molecule has 1 heterocycles. The van der Waals surface area contributed by atoms with E-state index in [0.29, 0.717) is 18.5 Å². The first kappa shape index (κ1) is 16.0. The molecule has 0 radical (unpaired) electrons. The maximum Gasteiger partial charge on any atom is 0.261 e. The molecule has 23 heavy (non-hydrogen) atoms. The van der Waals surface area contributed by atoms with Crippen LogP contribution in [-0.4, -0.2) is 21.4 Å². The number of benzene rings is 2. The predicted octanol–water partition coefficient (Wildman–Crippen LogP) is 3.16. The average Bonchev–Trinajstić information content (AvgIpc) is 2.50. The number of carbonyl (C=O) groups is 1. The number of halogens is 1. The van der Waals surface area contributed by atoms with Gasteiger partial charge in [-0.2, -0.15) is 0 Å². The van der Waals surface area contributed by atoms with Crippen LogP contribution in [0.1, 0.15) is 12.0 Å². The molecule has 0 atom stereocenters. The van der Waals surface area contributed by atoms with Crippen molar-refractivity contribution in [3.05, 3.63) is 52.5 Å². The fourth-order valence-electron chi connectivity index (χ4n) is 2.57. The molecule has 0 bridgehead atoms. The summed E-state index contributed by atoms with van der Waals surface area (Å²) in [5.41, 5.74) is 2.12. The zero-order chi connectivity index (χ0) is 16.6. The zero-order valence-corrected chi connectivity index (χ0v) is 14.8. The van der Waals surface area contributed by atoms with E-state index in [1.54, 1.807) is 42.3 Å². The molecule has 1 amide bonds. The molecule has 7 heteroatoms. The first-order chi connectivity index (χ1) is 10.9. The molecule has 5 nitrogen and oxygen atoms in total. The van der Waals surface area contributed by atoms with E-state index >= 15 is 0 Å². The number of carbonyl (C=O) groups excluding carboxylic acids is 1. The van der Waals surface area contributed by atoms with Gasteiger partial charge in [-0.25, -0.2) is 8.42 Å². The second-order valence-electron chi connectivity index (χ2n) is 5.36. The van der Waals surface area contributed by atoms with Crippen LogP contribution in [-0.2, 0) is 21.2 Å². The molecule has 0 saturated carbocycles. The van der Waals surface area contributed by atoms with Gasteiger partial charge in [-0.3, -0.25) is 9.52 Å². The van der Waals surface area contributed by atoms with Gasteiger partial charge in [-0.15, -0.1) is 0 Å². The normalized spacial score (nSPS) is 14.5. The maximum absolute atomic E-state index is 12.5. The number of anilines is 2. The summed E-state index contributed by atoms with van der Waals surface area (Å²) in [5.74, 6) is 0.0420. The first-order valence-corrected chi connectivity index (χ1v) is 9.32. The Kier molecular flexibility index (Phi) is 4.16. The number of nitrogens with one attached hydrogen (secondary N) is 1. The van der Waals surface area contributed by atoms with Gasteiger partial charge in [0.25, 0.3) is 10.0 Å². The number of nitrogens with zero attached hydrogens (tertiary/aromatic N) is 1. The Morgan fingerprint density at radius 3 is 2.65 bits per heavy atom. The van der Waals surface area contributed by atoms with Crippen LogP contribution in [0.4, 0.5) is 11.4 Å². The molecule has 2 aromatic rings. The van der Waals surface area contributed by atoms with Crippen molar-refractivity contribution in [1.82, 2.24) is 0 Å². The zero-order valence-electron chi connectivity index (χ0n) is 12.4. The number of sulfonamides is 1. The molecule has 0 fully saturated rings. The van der Waals surface area contributed by atoms with Crippen molar-refractivity contribution in [3.63, 3.8) is 0 Å². The Balaban J connectivity index is 1.93. The Morgan fingerprint density at radius 2 is 1.91 bits per heavy atom. The van der Waals surface area contributed by atoms with Crippen LogP contribution >= 0.6 is 15.9 Å². The molecule has 0 aromatic heterocycles. The van der Waals surface area contributed by atoms with E-state index in [1.165, 1.54) is 6.07 Å². The first-order valence-electron chi connectivity index (χ1n) is 7.05. The van der Waals surface area contributed by atoms with E-state index in [9.17, 15) is 13.2 Å². The lowest BCUT2D eigenvalue weighted by atomic mass is 10.0. The van der Waals surface area contributed by atoms with Gasteiger partial charge in [0.2, 0.25) is 5.91 Å². The molecule has 0 aliphatic carbocycles. The summed E-state index contributed by atoms with van der Waals surface area (Å²) < 4.78 is 28.4. The molecular weight excluding hydrogens is 380 g/mol. The van der Waals surface area contributed by atoms with Crippen LogP contribution in [0.3, 0.4) is 0 Å². The molecule has 1 aliphatic heterocycles. The average molecular weight is 395 g/mol. The minimum atomic E-state index is -3.67. The van der Waals surface area contributed by atoms with E-state index in [2.05, 4.69) is 20.7 Å². The number of fused-ring (bicyclic) bond motifs is 1. The lowest BCUT2D eigenvalue weighted by Crippen LogP contribution is -2.31. The van der Waals surface area contributed by atoms with Crippen LogP contribution in [0.5, 0.6) is 0 Å². The lowest BCUT2D eigenvalue weighted by molar-refractivity contribution is -0.118. The third-order valence-corrected chi connectivity index (χ3v) is 5.65. The number of rotatable bonds is 3. The highest BCUT2D eigenvalue weighted by Gasteiger charge is 2.23. The Labute approximate surface area is 143 Å². The van der Waals surface area contributed by atoms with Crippen LogP contribution in [0.25, 0.3) is 0 Å². The van der Waals surface area contributed by atoms with Crippen LogP contribution in [0, 0.1) is 0 Å². The van der Waals surface area contributed by atoms with Crippen molar-refractivity contribution in [2.75, 3.05) is 16.7 Å². The second kappa shape index (κ2) is 5.98.